The molecular weight excluding hydrogens is 833 g/mol. The van der Waals surface area contributed by atoms with Crippen molar-refractivity contribution in [2.24, 2.45) is 0 Å². The van der Waals surface area contributed by atoms with E-state index in [-0.39, 0.29) is 0 Å². The molecule has 8 aromatic carbocycles. The first kappa shape index (κ1) is 40.3. The Morgan fingerprint density at radius 2 is 0.779 bits per heavy atom. The number of nitrogens with zero attached hydrogens (tertiary/aromatic N) is 8. The van der Waals surface area contributed by atoms with Crippen LogP contribution < -0.4 is 0 Å². The maximum atomic E-state index is 5.19. The molecule has 8 nitrogen and oxygen atoms in total. The molecule has 0 saturated carbocycles. The van der Waals surface area contributed by atoms with Crippen molar-refractivity contribution in [2.45, 2.75) is 6.92 Å². The number of benzene rings is 8. The SMILES string of the molecule is Cc1cccc(-c2ccc3c(c2)c2ccccc2n3-c2ccc(-c3nc(-c4ccccc4)nc(-c4ccccc4)n3)cc2-c2ccncc2-c2nc(-c3ccccc3)nc(-c3ccccc3)n2)c1. The molecule has 0 unspecified atom stereocenters. The predicted molar refractivity (Wildman–Crippen MR) is 274 cm³/mol. The second-order valence-electron chi connectivity index (χ2n) is 16.7. The smallest absolute Gasteiger partial charge is 0.166 e. The zero-order chi connectivity index (χ0) is 45.4. The minimum absolute atomic E-state index is 0.500. The number of aryl methyl sites for hydroxylation is 1. The van der Waals surface area contributed by atoms with Crippen LogP contribution in [-0.2, 0) is 0 Å². The van der Waals surface area contributed by atoms with E-state index >= 15 is 0 Å². The first-order valence-corrected chi connectivity index (χ1v) is 22.5. The van der Waals surface area contributed by atoms with Crippen molar-refractivity contribution in [3.8, 4) is 96.3 Å². The number of pyridine rings is 1. The highest BCUT2D eigenvalue weighted by Gasteiger charge is 2.23. The third-order valence-corrected chi connectivity index (χ3v) is 12.3. The van der Waals surface area contributed by atoms with E-state index in [1.165, 1.54) is 11.1 Å². The van der Waals surface area contributed by atoms with Crippen LogP contribution >= 0.6 is 0 Å². The van der Waals surface area contributed by atoms with Crippen molar-refractivity contribution in [2.75, 3.05) is 0 Å². The Kier molecular flexibility index (Phi) is 10.2. The van der Waals surface area contributed by atoms with Crippen molar-refractivity contribution in [3.63, 3.8) is 0 Å². The molecule has 0 spiro atoms. The van der Waals surface area contributed by atoms with Crippen LogP contribution in [0, 0.1) is 6.92 Å². The van der Waals surface area contributed by atoms with Crippen LogP contribution in [-0.4, -0.2) is 39.5 Å². The average Bonchev–Trinajstić information content (AvgIpc) is 3.75. The van der Waals surface area contributed by atoms with Crippen LogP contribution in [0.15, 0.2) is 225 Å². The summed E-state index contributed by atoms with van der Waals surface area (Å²) < 4.78 is 2.37. The highest BCUT2D eigenvalue weighted by atomic mass is 15.0. The minimum Gasteiger partial charge on any atom is -0.309 e. The van der Waals surface area contributed by atoms with Crippen LogP contribution in [0.3, 0.4) is 0 Å². The number of aromatic nitrogens is 8. The molecule has 12 rings (SSSR count). The Hall–Kier alpha value is -9.27. The largest absolute Gasteiger partial charge is 0.309 e. The van der Waals surface area contributed by atoms with E-state index < -0.39 is 0 Å². The third-order valence-electron chi connectivity index (χ3n) is 12.3. The van der Waals surface area contributed by atoms with Gasteiger partial charge in [0.05, 0.1) is 16.7 Å². The van der Waals surface area contributed by atoms with Gasteiger partial charge in [0.2, 0.25) is 0 Å². The normalized spacial score (nSPS) is 11.3. The van der Waals surface area contributed by atoms with E-state index in [1.54, 1.807) is 0 Å². The van der Waals surface area contributed by atoms with E-state index in [1.807, 2.05) is 140 Å². The molecule has 0 aliphatic carbocycles. The Morgan fingerprint density at radius 3 is 1.35 bits per heavy atom. The van der Waals surface area contributed by atoms with Crippen LogP contribution in [0.4, 0.5) is 0 Å². The lowest BCUT2D eigenvalue weighted by Gasteiger charge is -2.18. The van der Waals surface area contributed by atoms with E-state index in [0.717, 1.165) is 77.6 Å². The summed E-state index contributed by atoms with van der Waals surface area (Å²) in [6.45, 7) is 2.14. The van der Waals surface area contributed by atoms with E-state index in [9.17, 15) is 0 Å². The molecular formula is C60H40N8. The van der Waals surface area contributed by atoms with Gasteiger partial charge in [0.1, 0.15) is 0 Å². The molecule has 0 amide bonds. The first-order chi connectivity index (χ1) is 33.6. The molecule has 0 atom stereocenters. The summed E-state index contributed by atoms with van der Waals surface area (Å²) in [4.78, 5) is 35.5. The summed E-state index contributed by atoms with van der Waals surface area (Å²) in [5.41, 5.74) is 13.6. The number of para-hydroxylation sites is 1. The van der Waals surface area contributed by atoms with Gasteiger partial charge in [-0.25, -0.2) is 29.9 Å². The van der Waals surface area contributed by atoms with E-state index in [2.05, 4.69) is 96.4 Å². The first-order valence-electron chi connectivity index (χ1n) is 22.5. The van der Waals surface area contributed by atoms with Gasteiger partial charge in [0, 0.05) is 62.1 Å². The maximum absolute atomic E-state index is 5.19. The lowest BCUT2D eigenvalue weighted by molar-refractivity contribution is 1.07. The molecule has 0 radical (unpaired) electrons. The number of hydrogen-bond acceptors (Lipinski definition) is 7. The van der Waals surface area contributed by atoms with Gasteiger partial charge < -0.3 is 4.57 Å². The molecule has 0 aliphatic heterocycles. The molecule has 8 heteroatoms. The number of fused-ring (bicyclic) bond motifs is 3. The summed E-state index contributed by atoms with van der Waals surface area (Å²) in [6.07, 6.45) is 3.69. The molecule has 4 aromatic heterocycles. The topological polar surface area (TPSA) is 95.2 Å². The average molecular weight is 873 g/mol. The Labute approximate surface area is 393 Å². The predicted octanol–water partition coefficient (Wildman–Crippen LogP) is 14.2. The molecule has 0 N–H and O–H groups in total. The van der Waals surface area contributed by atoms with Crippen molar-refractivity contribution >= 4 is 21.8 Å². The number of hydrogen-bond donors (Lipinski definition) is 0. The van der Waals surface area contributed by atoms with Crippen LogP contribution in [0.2, 0.25) is 0 Å². The van der Waals surface area contributed by atoms with Crippen LogP contribution in [0.25, 0.3) is 118 Å². The minimum atomic E-state index is 0.500. The standard InChI is InChI=1S/C60H40N8/c1-39-17-16-26-44(35-39)45-29-31-54-50(36-45)48-27-14-15-28-52(48)68(54)53-32-30-46(59-64-55(40-18-6-2-7-19-40)62-56(65-59)41-20-8-3-9-21-41)37-49(53)47-33-34-61-38-51(47)60-66-57(42-22-10-4-11-23-42)63-58(67-60)43-24-12-5-13-25-43/h2-38H,1H3. The van der Waals surface area contributed by atoms with Crippen molar-refractivity contribution in [1.29, 1.82) is 0 Å². The summed E-state index contributed by atoms with van der Waals surface area (Å²) in [6, 6.07) is 72.8. The molecule has 0 bridgehead atoms. The highest BCUT2D eigenvalue weighted by molar-refractivity contribution is 6.11. The van der Waals surface area contributed by atoms with Crippen LogP contribution in [0.5, 0.6) is 0 Å². The number of rotatable bonds is 9. The van der Waals surface area contributed by atoms with Crippen LogP contribution in [0.1, 0.15) is 5.56 Å². The Bertz CT molecular complexity index is 3680. The summed E-state index contributed by atoms with van der Waals surface area (Å²) >= 11 is 0. The van der Waals surface area contributed by atoms with Gasteiger partial charge in [0.15, 0.2) is 34.9 Å². The fraction of sp³-hybridized carbons (Fsp3) is 0.0167. The van der Waals surface area contributed by atoms with Crippen molar-refractivity contribution in [1.82, 2.24) is 39.5 Å². The lowest BCUT2D eigenvalue weighted by atomic mass is 9.96. The fourth-order valence-corrected chi connectivity index (χ4v) is 9.00. The van der Waals surface area contributed by atoms with Crippen molar-refractivity contribution < 1.29 is 0 Å². The lowest BCUT2D eigenvalue weighted by Crippen LogP contribution is -2.04. The van der Waals surface area contributed by atoms with Gasteiger partial charge in [-0.3, -0.25) is 4.98 Å². The second-order valence-corrected chi connectivity index (χ2v) is 16.7. The molecule has 0 aliphatic rings. The molecule has 4 heterocycles. The van der Waals surface area contributed by atoms with Gasteiger partial charge in [-0.1, -0.05) is 175 Å². The molecule has 0 saturated heterocycles. The molecule has 320 valence electrons. The Morgan fingerprint density at radius 1 is 0.309 bits per heavy atom. The van der Waals surface area contributed by atoms with Gasteiger partial charge >= 0.3 is 0 Å². The zero-order valence-electron chi connectivity index (χ0n) is 36.9. The Balaban J connectivity index is 1.13. The summed E-state index contributed by atoms with van der Waals surface area (Å²) in [7, 11) is 0. The third kappa shape index (κ3) is 7.55. The highest BCUT2D eigenvalue weighted by Crippen LogP contribution is 2.42. The van der Waals surface area contributed by atoms with E-state index in [0.29, 0.717) is 34.9 Å². The molecule has 12 aromatic rings. The molecule has 68 heavy (non-hydrogen) atoms. The summed E-state index contributed by atoms with van der Waals surface area (Å²) in [5.74, 6) is 3.35. The quantitative estimate of drug-likeness (QED) is 0.143. The van der Waals surface area contributed by atoms with Gasteiger partial charge in [-0.15, -0.1) is 0 Å². The van der Waals surface area contributed by atoms with Gasteiger partial charge in [-0.05, 0) is 66.1 Å². The summed E-state index contributed by atoms with van der Waals surface area (Å²) in [5, 5.41) is 2.30. The van der Waals surface area contributed by atoms with Crippen molar-refractivity contribution in [3.05, 3.63) is 230 Å². The second kappa shape index (κ2) is 17.3. The van der Waals surface area contributed by atoms with E-state index in [4.69, 9.17) is 34.9 Å². The zero-order valence-corrected chi connectivity index (χ0v) is 36.9. The molecule has 0 fully saturated rings. The maximum Gasteiger partial charge on any atom is 0.166 e. The van der Waals surface area contributed by atoms with Gasteiger partial charge in [-0.2, -0.15) is 0 Å². The monoisotopic (exact) mass is 872 g/mol. The fourth-order valence-electron chi connectivity index (χ4n) is 9.00. The van der Waals surface area contributed by atoms with Gasteiger partial charge in [0.25, 0.3) is 0 Å².